The molecule has 0 fully saturated rings. The topological polar surface area (TPSA) is 45.0 Å². The van der Waals surface area contributed by atoms with Crippen molar-refractivity contribution >= 4 is 0 Å². The summed E-state index contributed by atoms with van der Waals surface area (Å²) in [5.41, 5.74) is 2.83. The van der Waals surface area contributed by atoms with Crippen LogP contribution >= 0.6 is 0 Å². The van der Waals surface area contributed by atoms with Crippen molar-refractivity contribution in [3.8, 4) is 11.8 Å². The van der Waals surface area contributed by atoms with Gasteiger partial charge in [-0.25, -0.2) is 0 Å². The van der Waals surface area contributed by atoms with Gasteiger partial charge in [0.05, 0.1) is 11.6 Å². The van der Waals surface area contributed by atoms with Crippen molar-refractivity contribution in [3.63, 3.8) is 0 Å². The molecule has 0 aliphatic rings. The molecule has 0 amide bonds. The van der Waals surface area contributed by atoms with Gasteiger partial charge in [-0.15, -0.1) is 0 Å². The van der Waals surface area contributed by atoms with E-state index in [4.69, 9.17) is 10.00 Å². The molecule has 0 bridgehead atoms. The van der Waals surface area contributed by atoms with E-state index in [0.717, 1.165) is 23.4 Å². The normalized spacial score (nSPS) is 11.1. The first kappa shape index (κ1) is 14.5. The van der Waals surface area contributed by atoms with E-state index in [2.05, 4.69) is 32.2 Å². The monoisotopic (exact) mass is 246 g/mol. The Kier molecular flexibility index (Phi) is 4.75. The summed E-state index contributed by atoms with van der Waals surface area (Å²) in [5, 5.41) is 12.3. The zero-order chi connectivity index (χ0) is 13.8. The molecule has 0 saturated carbocycles. The largest absolute Gasteiger partial charge is 0.492 e. The van der Waals surface area contributed by atoms with Crippen molar-refractivity contribution < 1.29 is 4.74 Å². The molecule has 0 spiro atoms. The number of nitrogens with one attached hydrogen (secondary N) is 1. The second-order valence-corrected chi connectivity index (χ2v) is 5.58. The molecule has 0 aliphatic carbocycles. The molecule has 18 heavy (non-hydrogen) atoms. The number of ether oxygens (including phenoxy) is 1. The average molecular weight is 246 g/mol. The first-order chi connectivity index (χ1) is 8.33. The summed E-state index contributed by atoms with van der Waals surface area (Å²) in [6.45, 7) is 11.8. The summed E-state index contributed by atoms with van der Waals surface area (Å²) in [4.78, 5) is 0. The fraction of sp³-hybridized carbons (Fsp3) is 0.533. The smallest absolute Gasteiger partial charge is 0.125 e. The SMILES string of the molecule is Cc1cc(C#N)cc(C)c1OCCNC(C)(C)C. The molecule has 98 valence electrons. The Morgan fingerprint density at radius 3 is 2.22 bits per heavy atom. The highest BCUT2D eigenvalue weighted by Gasteiger charge is 2.09. The molecule has 0 aromatic heterocycles. The zero-order valence-electron chi connectivity index (χ0n) is 11.9. The van der Waals surface area contributed by atoms with E-state index < -0.39 is 0 Å². The van der Waals surface area contributed by atoms with Crippen LogP contribution in [0.1, 0.15) is 37.5 Å². The molecule has 0 saturated heterocycles. The third kappa shape index (κ3) is 4.38. The highest BCUT2D eigenvalue weighted by atomic mass is 16.5. The summed E-state index contributed by atoms with van der Waals surface area (Å²) in [6.07, 6.45) is 0. The van der Waals surface area contributed by atoms with Gasteiger partial charge in [0.25, 0.3) is 0 Å². The lowest BCUT2D eigenvalue weighted by molar-refractivity contribution is 0.288. The maximum absolute atomic E-state index is 8.88. The third-order valence-corrected chi connectivity index (χ3v) is 2.59. The van der Waals surface area contributed by atoms with E-state index in [9.17, 15) is 0 Å². The van der Waals surface area contributed by atoms with Crippen LogP contribution in [0.25, 0.3) is 0 Å². The molecule has 0 aliphatic heterocycles. The number of rotatable bonds is 4. The summed E-state index contributed by atoms with van der Waals surface area (Å²) in [6, 6.07) is 5.88. The molecule has 0 heterocycles. The van der Waals surface area contributed by atoms with Crippen LogP contribution in [0.3, 0.4) is 0 Å². The van der Waals surface area contributed by atoms with E-state index in [1.807, 2.05) is 26.0 Å². The van der Waals surface area contributed by atoms with Crippen molar-refractivity contribution in [2.24, 2.45) is 0 Å². The number of hydrogen-bond donors (Lipinski definition) is 1. The molecule has 3 heteroatoms. The summed E-state index contributed by atoms with van der Waals surface area (Å²) < 4.78 is 5.79. The average Bonchev–Trinajstić information content (AvgIpc) is 2.25. The van der Waals surface area contributed by atoms with Crippen molar-refractivity contribution in [1.29, 1.82) is 5.26 Å². The van der Waals surface area contributed by atoms with Crippen LogP contribution < -0.4 is 10.1 Å². The van der Waals surface area contributed by atoms with E-state index >= 15 is 0 Å². The number of aryl methyl sites for hydroxylation is 2. The Morgan fingerprint density at radius 2 is 1.78 bits per heavy atom. The van der Waals surface area contributed by atoms with Crippen LogP contribution in [0.2, 0.25) is 0 Å². The predicted molar refractivity (Wildman–Crippen MR) is 73.9 cm³/mol. The van der Waals surface area contributed by atoms with Crippen LogP contribution in [-0.4, -0.2) is 18.7 Å². The molecule has 1 aromatic carbocycles. The minimum absolute atomic E-state index is 0.109. The van der Waals surface area contributed by atoms with Crippen LogP contribution in [0.4, 0.5) is 0 Å². The maximum atomic E-state index is 8.88. The molecule has 0 atom stereocenters. The molecular weight excluding hydrogens is 224 g/mol. The first-order valence-electron chi connectivity index (χ1n) is 6.22. The molecule has 1 aromatic rings. The van der Waals surface area contributed by atoms with Gasteiger partial charge in [0.2, 0.25) is 0 Å². The van der Waals surface area contributed by atoms with E-state index in [0.29, 0.717) is 12.2 Å². The number of nitrogens with zero attached hydrogens (tertiary/aromatic N) is 1. The summed E-state index contributed by atoms with van der Waals surface area (Å²) in [7, 11) is 0. The lowest BCUT2D eigenvalue weighted by Gasteiger charge is -2.21. The Balaban J connectivity index is 2.61. The molecular formula is C15H22N2O. The molecule has 1 N–H and O–H groups in total. The van der Waals surface area contributed by atoms with Crippen molar-refractivity contribution in [1.82, 2.24) is 5.32 Å². The lowest BCUT2D eigenvalue weighted by Crippen LogP contribution is -2.38. The van der Waals surface area contributed by atoms with E-state index in [1.165, 1.54) is 0 Å². The van der Waals surface area contributed by atoms with Crippen LogP contribution in [0, 0.1) is 25.2 Å². The standard InChI is InChI=1S/C15H22N2O/c1-11-8-13(10-16)9-12(2)14(11)18-7-6-17-15(3,4)5/h8-9,17H,6-7H2,1-5H3. The highest BCUT2D eigenvalue weighted by Crippen LogP contribution is 2.24. The summed E-state index contributed by atoms with van der Waals surface area (Å²) >= 11 is 0. The number of benzene rings is 1. The van der Waals surface area contributed by atoms with Crippen LogP contribution in [0.15, 0.2) is 12.1 Å². The van der Waals surface area contributed by atoms with E-state index in [-0.39, 0.29) is 5.54 Å². The van der Waals surface area contributed by atoms with Gasteiger partial charge in [-0.05, 0) is 57.9 Å². The van der Waals surface area contributed by atoms with Gasteiger partial charge in [0, 0.05) is 12.1 Å². The molecule has 3 nitrogen and oxygen atoms in total. The van der Waals surface area contributed by atoms with Crippen molar-refractivity contribution in [3.05, 3.63) is 28.8 Å². The Labute approximate surface area is 110 Å². The first-order valence-corrected chi connectivity index (χ1v) is 6.22. The fourth-order valence-corrected chi connectivity index (χ4v) is 1.82. The lowest BCUT2D eigenvalue weighted by atomic mass is 10.1. The minimum atomic E-state index is 0.109. The van der Waals surface area contributed by atoms with Gasteiger partial charge in [-0.3, -0.25) is 0 Å². The number of hydrogen-bond acceptors (Lipinski definition) is 3. The second-order valence-electron chi connectivity index (χ2n) is 5.58. The Morgan fingerprint density at radius 1 is 1.22 bits per heavy atom. The highest BCUT2D eigenvalue weighted by molar-refractivity contribution is 5.47. The Hall–Kier alpha value is -1.53. The Bertz CT molecular complexity index is 430. The molecule has 1 rings (SSSR count). The zero-order valence-corrected chi connectivity index (χ0v) is 11.9. The predicted octanol–water partition coefficient (Wildman–Crippen LogP) is 2.94. The third-order valence-electron chi connectivity index (χ3n) is 2.59. The minimum Gasteiger partial charge on any atom is -0.492 e. The van der Waals surface area contributed by atoms with Gasteiger partial charge >= 0.3 is 0 Å². The molecule has 0 unspecified atom stereocenters. The number of nitriles is 1. The quantitative estimate of drug-likeness (QED) is 0.831. The maximum Gasteiger partial charge on any atom is 0.125 e. The van der Waals surface area contributed by atoms with Crippen LogP contribution in [0.5, 0.6) is 5.75 Å². The molecule has 0 radical (unpaired) electrons. The van der Waals surface area contributed by atoms with Crippen molar-refractivity contribution in [2.75, 3.05) is 13.2 Å². The van der Waals surface area contributed by atoms with E-state index in [1.54, 1.807) is 0 Å². The summed E-state index contributed by atoms with van der Waals surface area (Å²) in [5.74, 6) is 0.893. The van der Waals surface area contributed by atoms with Crippen LogP contribution in [-0.2, 0) is 0 Å². The van der Waals surface area contributed by atoms with Gasteiger partial charge < -0.3 is 10.1 Å². The van der Waals surface area contributed by atoms with Gasteiger partial charge in [-0.1, -0.05) is 0 Å². The van der Waals surface area contributed by atoms with Crippen molar-refractivity contribution in [2.45, 2.75) is 40.2 Å². The van der Waals surface area contributed by atoms with Gasteiger partial charge in [0.15, 0.2) is 0 Å². The second kappa shape index (κ2) is 5.88. The van der Waals surface area contributed by atoms with Gasteiger partial charge in [-0.2, -0.15) is 5.26 Å². The van der Waals surface area contributed by atoms with Gasteiger partial charge in [0.1, 0.15) is 12.4 Å². The fourth-order valence-electron chi connectivity index (χ4n) is 1.82.